The molecule has 2 N–H and O–H groups in total. The number of benzene rings is 1. The van der Waals surface area contributed by atoms with Crippen LogP contribution in [0, 0.1) is 5.41 Å². The van der Waals surface area contributed by atoms with Crippen molar-refractivity contribution in [3.63, 3.8) is 0 Å². The molecule has 0 radical (unpaired) electrons. The van der Waals surface area contributed by atoms with E-state index in [1.165, 1.54) is 0 Å². The number of hydrogen-bond acceptors (Lipinski definition) is 2. The Labute approximate surface area is 120 Å². The average Bonchev–Trinajstić information content (AvgIpc) is 3.08. The van der Waals surface area contributed by atoms with Gasteiger partial charge in [-0.1, -0.05) is 23.2 Å². The van der Waals surface area contributed by atoms with Crippen LogP contribution in [0.5, 0.6) is 0 Å². The molecule has 1 aliphatic carbocycles. The van der Waals surface area contributed by atoms with Gasteiger partial charge >= 0.3 is 5.97 Å². The first-order valence-electron chi connectivity index (χ1n) is 5.91. The summed E-state index contributed by atoms with van der Waals surface area (Å²) in [6.45, 7) is 0.366. The maximum Gasteiger partial charge on any atom is 0.319 e. The Bertz CT molecular complexity index is 506. The molecular formula is C13H13Cl2NO3. The van der Waals surface area contributed by atoms with Gasteiger partial charge in [0.05, 0.1) is 0 Å². The molecule has 1 aromatic rings. The van der Waals surface area contributed by atoms with Crippen LogP contribution >= 0.6 is 23.2 Å². The van der Waals surface area contributed by atoms with Gasteiger partial charge in [0.2, 0.25) is 5.91 Å². The molecule has 6 heteroatoms. The Hall–Kier alpha value is -1.26. The number of nitrogens with one attached hydrogen (secondary N) is 1. The zero-order chi connectivity index (χ0) is 14.0. The summed E-state index contributed by atoms with van der Waals surface area (Å²) >= 11 is 11.7. The van der Waals surface area contributed by atoms with E-state index in [2.05, 4.69) is 5.32 Å². The highest BCUT2D eigenvalue weighted by atomic mass is 35.5. The van der Waals surface area contributed by atoms with Crippen molar-refractivity contribution in [2.75, 3.05) is 6.54 Å². The van der Waals surface area contributed by atoms with Gasteiger partial charge in [0, 0.05) is 16.6 Å². The Morgan fingerprint density at radius 3 is 2.26 bits per heavy atom. The smallest absolute Gasteiger partial charge is 0.319 e. The molecule has 102 valence electrons. The van der Waals surface area contributed by atoms with Crippen LogP contribution < -0.4 is 5.32 Å². The molecule has 2 rings (SSSR count). The van der Waals surface area contributed by atoms with Crippen LogP contribution in [0.3, 0.4) is 0 Å². The molecular weight excluding hydrogens is 289 g/mol. The van der Waals surface area contributed by atoms with Gasteiger partial charge in [-0.2, -0.15) is 0 Å². The number of halogens is 2. The molecule has 0 saturated heterocycles. The van der Waals surface area contributed by atoms with Gasteiger partial charge in [-0.15, -0.1) is 0 Å². The van der Waals surface area contributed by atoms with Crippen molar-refractivity contribution in [3.05, 3.63) is 33.8 Å². The number of hydrogen-bond donors (Lipinski definition) is 2. The molecule has 1 saturated carbocycles. The van der Waals surface area contributed by atoms with Crippen molar-refractivity contribution in [1.82, 2.24) is 5.32 Å². The number of rotatable bonds is 5. The summed E-state index contributed by atoms with van der Waals surface area (Å²) in [5.41, 5.74) is -0.288. The van der Waals surface area contributed by atoms with Crippen LogP contribution in [0.25, 0.3) is 0 Å². The lowest BCUT2D eigenvalue weighted by Gasteiger charge is -2.10. The molecule has 19 heavy (non-hydrogen) atoms. The highest BCUT2D eigenvalue weighted by Crippen LogP contribution is 2.46. The zero-order valence-electron chi connectivity index (χ0n) is 10.1. The molecule has 4 nitrogen and oxygen atoms in total. The van der Waals surface area contributed by atoms with Crippen molar-refractivity contribution in [2.24, 2.45) is 5.41 Å². The number of aliphatic carboxylic acids is 1. The number of carboxylic acid groups (broad SMARTS) is 1. The molecule has 0 aromatic heterocycles. The molecule has 1 aromatic carbocycles. The molecule has 0 atom stereocenters. The van der Waals surface area contributed by atoms with Crippen molar-refractivity contribution in [3.8, 4) is 0 Å². The van der Waals surface area contributed by atoms with Crippen LogP contribution in [0.2, 0.25) is 10.0 Å². The third-order valence-electron chi connectivity index (χ3n) is 3.22. The molecule has 1 amide bonds. The van der Waals surface area contributed by atoms with E-state index >= 15 is 0 Å². The topological polar surface area (TPSA) is 66.4 Å². The molecule has 0 heterocycles. The van der Waals surface area contributed by atoms with Crippen LogP contribution in [0.1, 0.15) is 18.4 Å². The molecule has 0 aliphatic heterocycles. The van der Waals surface area contributed by atoms with Crippen molar-refractivity contribution in [2.45, 2.75) is 19.3 Å². The van der Waals surface area contributed by atoms with E-state index in [4.69, 9.17) is 28.3 Å². The summed E-state index contributed by atoms with van der Waals surface area (Å²) in [6, 6.07) is 5.17. The second-order valence-corrected chi connectivity index (χ2v) is 5.54. The van der Waals surface area contributed by atoms with Crippen molar-refractivity contribution >= 4 is 35.1 Å². The predicted octanol–water partition coefficient (Wildman–Crippen LogP) is 2.52. The number of carbonyl (C=O) groups excluding carboxylic acids is 1. The minimum Gasteiger partial charge on any atom is -0.480 e. The third kappa shape index (κ3) is 3.19. The fraction of sp³-hybridized carbons (Fsp3) is 0.385. The van der Waals surface area contributed by atoms with E-state index in [0.29, 0.717) is 35.9 Å². The number of amides is 1. The molecule has 0 bridgehead atoms. The number of carboxylic acids is 1. The van der Waals surface area contributed by atoms with Crippen LogP contribution in [0.4, 0.5) is 0 Å². The normalized spacial score (nSPS) is 15.9. The first-order valence-corrected chi connectivity index (χ1v) is 6.66. The first kappa shape index (κ1) is 14.2. The Kier molecular flexibility index (Phi) is 4.02. The minimum absolute atomic E-state index is 0.366. The quantitative estimate of drug-likeness (QED) is 0.821. The monoisotopic (exact) mass is 301 g/mol. The minimum atomic E-state index is -1.19. The van der Waals surface area contributed by atoms with E-state index in [9.17, 15) is 9.59 Å². The van der Waals surface area contributed by atoms with E-state index in [-0.39, 0.29) is 0 Å². The maximum atomic E-state index is 11.7. The summed E-state index contributed by atoms with van der Waals surface area (Å²) in [5, 5.41) is 12.7. The Morgan fingerprint density at radius 2 is 1.79 bits per heavy atom. The standard InChI is InChI=1S/C13H13Cl2NO3/c14-9-5-8(6-10(15)7-9)1-4-16-11(17)13(2-3-13)12(18)19/h5-7H,1-4H2,(H,16,17)(H,18,19). The molecule has 1 aliphatic rings. The number of carbonyl (C=O) groups is 2. The zero-order valence-corrected chi connectivity index (χ0v) is 11.6. The first-order chi connectivity index (χ1) is 8.94. The van der Waals surface area contributed by atoms with Gasteiger partial charge in [0.25, 0.3) is 0 Å². The highest BCUT2D eigenvalue weighted by Gasteiger charge is 2.56. The van der Waals surface area contributed by atoms with Crippen molar-refractivity contribution in [1.29, 1.82) is 0 Å². The summed E-state index contributed by atoms with van der Waals surface area (Å²) in [4.78, 5) is 22.7. The second kappa shape index (κ2) is 5.39. The molecule has 0 spiro atoms. The fourth-order valence-electron chi connectivity index (χ4n) is 1.91. The van der Waals surface area contributed by atoms with Gasteiger partial charge in [-0.25, -0.2) is 0 Å². The van der Waals surface area contributed by atoms with Gasteiger partial charge in [-0.3, -0.25) is 9.59 Å². The maximum absolute atomic E-state index is 11.7. The predicted molar refractivity (Wildman–Crippen MR) is 72.5 cm³/mol. The van der Waals surface area contributed by atoms with Gasteiger partial charge in [-0.05, 0) is 43.0 Å². The van der Waals surface area contributed by atoms with E-state index in [1.807, 2.05) is 0 Å². The van der Waals surface area contributed by atoms with E-state index < -0.39 is 17.3 Å². The second-order valence-electron chi connectivity index (χ2n) is 4.67. The van der Waals surface area contributed by atoms with Crippen LogP contribution in [-0.4, -0.2) is 23.5 Å². The molecule has 0 unspecified atom stereocenters. The summed E-state index contributed by atoms with van der Waals surface area (Å²) in [5.74, 6) is -1.45. The van der Waals surface area contributed by atoms with Crippen LogP contribution in [0.15, 0.2) is 18.2 Å². The van der Waals surface area contributed by atoms with Gasteiger partial charge in [0.1, 0.15) is 5.41 Å². The third-order valence-corrected chi connectivity index (χ3v) is 3.65. The summed E-state index contributed by atoms with van der Waals surface area (Å²) in [7, 11) is 0. The average molecular weight is 302 g/mol. The Morgan fingerprint density at radius 1 is 1.21 bits per heavy atom. The fourth-order valence-corrected chi connectivity index (χ4v) is 2.48. The van der Waals surface area contributed by atoms with Crippen molar-refractivity contribution < 1.29 is 14.7 Å². The largest absolute Gasteiger partial charge is 0.480 e. The lowest BCUT2D eigenvalue weighted by molar-refractivity contribution is -0.149. The van der Waals surface area contributed by atoms with Gasteiger partial charge in [0.15, 0.2) is 0 Å². The Balaban J connectivity index is 1.87. The summed E-state index contributed by atoms with van der Waals surface area (Å²) < 4.78 is 0. The highest BCUT2D eigenvalue weighted by molar-refractivity contribution is 6.34. The van der Waals surface area contributed by atoms with Crippen LogP contribution in [-0.2, 0) is 16.0 Å². The summed E-state index contributed by atoms with van der Waals surface area (Å²) in [6.07, 6.45) is 1.38. The lowest BCUT2D eigenvalue weighted by atomic mass is 10.1. The van der Waals surface area contributed by atoms with E-state index in [0.717, 1.165) is 5.56 Å². The lowest BCUT2D eigenvalue weighted by Crippen LogP contribution is -2.37. The van der Waals surface area contributed by atoms with Gasteiger partial charge < -0.3 is 10.4 Å². The van der Waals surface area contributed by atoms with E-state index in [1.54, 1.807) is 18.2 Å². The SMILES string of the molecule is O=C(O)C1(C(=O)NCCc2cc(Cl)cc(Cl)c2)CC1. The molecule has 1 fully saturated rings.